The Morgan fingerprint density at radius 1 is 0.370 bits per heavy atom. The highest BCUT2D eigenvalue weighted by atomic mass is 14.5. The lowest BCUT2D eigenvalue weighted by molar-refractivity contribution is 1.76. The Kier molecular flexibility index (Phi) is 2.81. The second-order valence-electron chi connectivity index (χ2n) is 7.33. The van der Waals surface area contributed by atoms with Gasteiger partial charge in [-0.2, -0.15) is 0 Å². The molecule has 0 aromatic heterocycles. The molecule has 126 valence electrons. The van der Waals surface area contributed by atoms with Crippen LogP contribution < -0.4 is 5.73 Å². The summed E-state index contributed by atoms with van der Waals surface area (Å²) >= 11 is 0. The summed E-state index contributed by atoms with van der Waals surface area (Å²) in [5.41, 5.74) is 7.08. The monoisotopic (exact) mass is 343 g/mol. The van der Waals surface area contributed by atoms with E-state index in [1.54, 1.807) is 0 Å². The van der Waals surface area contributed by atoms with Crippen molar-refractivity contribution in [3.63, 3.8) is 0 Å². The van der Waals surface area contributed by atoms with Gasteiger partial charge in [-0.1, -0.05) is 48.5 Å². The van der Waals surface area contributed by atoms with Crippen molar-refractivity contribution in [2.75, 3.05) is 5.73 Å². The molecule has 0 aliphatic rings. The Morgan fingerprint density at radius 2 is 0.889 bits per heavy atom. The first-order valence-corrected chi connectivity index (χ1v) is 9.23. The predicted molar refractivity (Wildman–Crippen MR) is 118 cm³/mol. The van der Waals surface area contributed by atoms with Gasteiger partial charge < -0.3 is 5.73 Å². The summed E-state index contributed by atoms with van der Waals surface area (Å²) in [6.07, 6.45) is 0. The zero-order valence-electron chi connectivity index (χ0n) is 14.7. The molecule has 0 amide bonds. The summed E-state index contributed by atoms with van der Waals surface area (Å²) in [6, 6.07) is 32.8. The number of hydrogen-bond donors (Lipinski definition) is 1. The molecule has 0 saturated heterocycles. The highest BCUT2D eigenvalue weighted by Gasteiger charge is 2.07. The van der Waals surface area contributed by atoms with Crippen molar-refractivity contribution in [2.24, 2.45) is 0 Å². The van der Waals surface area contributed by atoms with E-state index in [0.717, 1.165) is 11.1 Å². The number of hydrogen-bond acceptors (Lipinski definition) is 1. The number of rotatable bonds is 0. The van der Waals surface area contributed by atoms with E-state index in [0.29, 0.717) is 0 Å². The summed E-state index contributed by atoms with van der Waals surface area (Å²) in [7, 11) is 0. The Morgan fingerprint density at radius 3 is 1.63 bits per heavy atom. The summed E-state index contributed by atoms with van der Waals surface area (Å²) in [4.78, 5) is 0. The van der Waals surface area contributed by atoms with Crippen LogP contribution in [0.5, 0.6) is 0 Å². The summed E-state index contributed by atoms with van der Waals surface area (Å²) < 4.78 is 0. The van der Waals surface area contributed by atoms with E-state index >= 15 is 0 Å². The lowest BCUT2D eigenvalue weighted by Gasteiger charge is -2.10. The molecule has 0 spiro atoms. The molecule has 0 fully saturated rings. The number of benzene rings is 6. The van der Waals surface area contributed by atoms with Crippen molar-refractivity contribution in [1.82, 2.24) is 0 Å². The molecule has 1 heteroatoms. The van der Waals surface area contributed by atoms with Crippen molar-refractivity contribution >= 4 is 59.5 Å². The SMILES string of the molecule is Nc1cccc2cc3ccc4cc5cc6ccccc6cc5cc4c3cc12. The van der Waals surface area contributed by atoms with E-state index in [9.17, 15) is 0 Å². The summed E-state index contributed by atoms with van der Waals surface area (Å²) in [6.45, 7) is 0. The minimum atomic E-state index is 0.832. The lowest BCUT2D eigenvalue weighted by atomic mass is 9.94. The largest absolute Gasteiger partial charge is 0.398 e. The molecule has 0 aliphatic carbocycles. The highest BCUT2D eigenvalue weighted by Crippen LogP contribution is 2.34. The second kappa shape index (κ2) is 5.21. The Balaban J connectivity index is 1.78. The van der Waals surface area contributed by atoms with Gasteiger partial charge in [-0.3, -0.25) is 0 Å². The van der Waals surface area contributed by atoms with Gasteiger partial charge in [0, 0.05) is 11.1 Å². The van der Waals surface area contributed by atoms with Crippen LogP contribution >= 0.6 is 0 Å². The predicted octanol–water partition coefficient (Wildman–Crippen LogP) is 7.03. The number of anilines is 1. The van der Waals surface area contributed by atoms with Gasteiger partial charge in [0.15, 0.2) is 0 Å². The van der Waals surface area contributed by atoms with Crippen LogP contribution in [0, 0.1) is 0 Å². The van der Waals surface area contributed by atoms with E-state index < -0.39 is 0 Å². The van der Waals surface area contributed by atoms with E-state index in [4.69, 9.17) is 5.73 Å². The summed E-state index contributed by atoms with van der Waals surface area (Å²) in [5, 5.41) is 12.5. The maximum absolute atomic E-state index is 6.24. The van der Waals surface area contributed by atoms with Gasteiger partial charge in [0.1, 0.15) is 0 Å². The zero-order chi connectivity index (χ0) is 18.0. The van der Waals surface area contributed by atoms with Crippen LogP contribution in [0.2, 0.25) is 0 Å². The van der Waals surface area contributed by atoms with Crippen molar-refractivity contribution in [1.29, 1.82) is 0 Å². The van der Waals surface area contributed by atoms with Crippen LogP contribution in [0.3, 0.4) is 0 Å². The van der Waals surface area contributed by atoms with Crippen molar-refractivity contribution in [2.45, 2.75) is 0 Å². The third kappa shape index (κ3) is 2.12. The van der Waals surface area contributed by atoms with Crippen LogP contribution in [0.15, 0.2) is 91.0 Å². The molecule has 6 rings (SSSR count). The molecule has 0 saturated carbocycles. The molecule has 0 atom stereocenters. The van der Waals surface area contributed by atoms with Crippen LogP contribution in [0.1, 0.15) is 0 Å². The normalized spacial score (nSPS) is 11.9. The fourth-order valence-corrected chi connectivity index (χ4v) is 4.30. The van der Waals surface area contributed by atoms with Gasteiger partial charge in [0.05, 0.1) is 0 Å². The smallest absolute Gasteiger partial charge is 0.0393 e. The van der Waals surface area contributed by atoms with E-state index in [-0.39, 0.29) is 0 Å². The fourth-order valence-electron chi connectivity index (χ4n) is 4.30. The minimum Gasteiger partial charge on any atom is -0.398 e. The fraction of sp³-hybridized carbons (Fsp3) is 0. The maximum atomic E-state index is 6.24. The van der Waals surface area contributed by atoms with Crippen LogP contribution in [0.25, 0.3) is 53.9 Å². The highest BCUT2D eigenvalue weighted by molar-refractivity contribution is 6.17. The molecule has 27 heavy (non-hydrogen) atoms. The zero-order valence-corrected chi connectivity index (χ0v) is 14.7. The molecule has 1 nitrogen and oxygen atoms in total. The average Bonchev–Trinajstić information content (AvgIpc) is 2.70. The Labute approximate surface area is 156 Å². The molecule has 6 aromatic carbocycles. The molecule has 2 N–H and O–H groups in total. The van der Waals surface area contributed by atoms with Crippen molar-refractivity contribution in [3.8, 4) is 0 Å². The van der Waals surface area contributed by atoms with Gasteiger partial charge >= 0.3 is 0 Å². The average molecular weight is 343 g/mol. The lowest BCUT2D eigenvalue weighted by Crippen LogP contribution is -1.87. The molecule has 0 aliphatic heterocycles. The molecular formula is C26H17N. The quantitative estimate of drug-likeness (QED) is 0.179. The van der Waals surface area contributed by atoms with E-state index in [1.807, 2.05) is 12.1 Å². The van der Waals surface area contributed by atoms with Crippen LogP contribution in [-0.2, 0) is 0 Å². The van der Waals surface area contributed by atoms with Crippen LogP contribution in [-0.4, -0.2) is 0 Å². The third-order valence-corrected chi connectivity index (χ3v) is 5.69. The minimum absolute atomic E-state index is 0.832. The molecule has 0 bridgehead atoms. The maximum Gasteiger partial charge on any atom is 0.0393 e. The molecule has 6 aromatic rings. The van der Waals surface area contributed by atoms with Gasteiger partial charge in [-0.25, -0.2) is 0 Å². The Hall–Kier alpha value is -3.58. The van der Waals surface area contributed by atoms with Gasteiger partial charge in [0.2, 0.25) is 0 Å². The molecule has 0 radical (unpaired) electrons. The number of nitrogens with two attached hydrogens (primary N) is 1. The molecule has 0 unspecified atom stereocenters. The second-order valence-corrected chi connectivity index (χ2v) is 7.33. The van der Waals surface area contributed by atoms with E-state index in [2.05, 4.69) is 78.9 Å². The summed E-state index contributed by atoms with van der Waals surface area (Å²) in [5.74, 6) is 0. The first-order chi connectivity index (χ1) is 13.3. The van der Waals surface area contributed by atoms with Gasteiger partial charge in [-0.05, 0) is 90.9 Å². The van der Waals surface area contributed by atoms with E-state index in [1.165, 1.54) is 48.5 Å². The van der Waals surface area contributed by atoms with Gasteiger partial charge in [-0.15, -0.1) is 0 Å². The standard InChI is InChI=1S/C26H17N/c27-26-7-3-6-18-12-19-8-9-20-13-21-10-16-4-1-2-5-17(16)11-22(21)14-23(20)24(19)15-25(18)26/h1-15H,27H2. The topological polar surface area (TPSA) is 26.0 Å². The molecular weight excluding hydrogens is 326 g/mol. The van der Waals surface area contributed by atoms with Gasteiger partial charge in [0.25, 0.3) is 0 Å². The van der Waals surface area contributed by atoms with Crippen molar-refractivity contribution in [3.05, 3.63) is 91.0 Å². The Bertz CT molecular complexity index is 1530. The number of nitrogen functional groups attached to an aromatic ring is 1. The first-order valence-electron chi connectivity index (χ1n) is 9.23. The first kappa shape index (κ1) is 14.6. The van der Waals surface area contributed by atoms with Crippen LogP contribution in [0.4, 0.5) is 5.69 Å². The molecule has 0 heterocycles. The van der Waals surface area contributed by atoms with Crippen molar-refractivity contribution < 1.29 is 0 Å². The third-order valence-electron chi connectivity index (χ3n) is 5.69. The number of fused-ring (bicyclic) bond motifs is 6.